The average molecular weight is 379 g/mol. The molecule has 0 radical (unpaired) electrons. The highest BCUT2D eigenvalue weighted by Crippen LogP contribution is 2.28. The van der Waals surface area contributed by atoms with E-state index in [1.165, 1.54) is 6.07 Å². The highest BCUT2D eigenvalue weighted by Gasteiger charge is 2.37. The molecule has 0 aliphatic heterocycles. The van der Waals surface area contributed by atoms with Crippen LogP contribution in [0.3, 0.4) is 0 Å². The Balaban J connectivity index is 1.85. The van der Waals surface area contributed by atoms with Crippen molar-refractivity contribution >= 4 is 11.5 Å². The minimum absolute atomic E-state index is 0.0277. The molecule has 6 nitrogen and oxygen atoms in total. The van der Waals surface area contributed by atoms with Crippen LogP contribution in [0.4, 0.5) is 19.0 Å². The lowest BCUT2D eigenvalue weighted by Crippen LogP contribution is -2.24. The van der Waals surface area contributed by atoms with Gasteiger partial charge in [-0.2, -0.15) is 17.7 Å². The lowest BCUT2D eigenvalue weighted by Gasteiger charge is -2.24. The van der Waals surface area contributed by atoms with E-state index in [0.29, 0.717) is 11.1 Å². The van der Waals surface area contributed by atoms with Gasteiger partial charge in [0.05, 0.1) is 0 Å². The first-order valence-corrected chi connectivity index (χ1v) is 8.35. The molecule has 0 amide bonds. The summed E-state index contributed by atoms with van der Waals surface area (Å²) in [7, 11) is 0. The topological polar surface area (TPSA) is 64.3 Å². The van der Waals surface area contributed by atoms with Gasteiger partial charge in [0.2, 0.25) is 0 Å². The SMILES string of the molecule is Cc1ccc(CNc2ccc3nnc(C(F)(F)F)n3n2)c(OC(C)(C)C)c1. The molecule has 0 bridgehead atoms. The summed E-state index contributed by atoms with van der Waals surface area (Å²) in [5, 5.41) is 13.6. The van der Waals surface area contributed by atoms with Gasteiger partial charge in [0.25, 0.3) is 5.82 Å². The highest BCUT2D eigenvalue weighted by molar-refractivity contribution is 5.46. The predicted molar refractivity (Wildman–Crippen MR) is 94.7 cm³/mol. The zero-order chi connectivity index (χ0) is 19.8. The van der Waals surface area contributed by atoms with Crippen LogP contribution in [0.25, 0.3) is 5.65 Å². The Labute approximate surface area is 154 Å². The second kappa shape index (κ2) is 6.71. The van der Waals surface area contributed by atoms with E-state index in [-0.39, 0.29) is 17.1 Å². The maximum Gasteiger partial charge on any atom is 0.453 e. The minimum atomic E-state index is -4.63. The van der Waals surface area contributed by atoms with Crippen molar-refractivity contribution in [2.75, 3.05) is 5.32 Å². The van der Waals surface area contributed by atoms with Crippen molar-refractivity contribution in [1.82, 2.24) is 19.8 Å². The number of aromatic nitrogens is 4. The molecule has 3 aromatic rings. The van der Waals surface area contributed by atoms with Crippen LogP contribution < -0.4 is 10.1 Å². The van der Waals surface area contributed by atoms with Crippen LogP contribution in [0.15, 0.2) is 30.3 Å². The molecule has 0 saturated carbocycles. The molecule has 0 saturated heterocycles. The Kier molecular flexibility index (Phi) is 4.71. The fourth-order valence-electron chi connectivity index (χ4n) is 2.48. The van der Waals surface area contributed by atoms with Gasteiger partial charge in [-0.15, -0.1) is 15.3 Å². The van der Waals surface area contributed by atoms with E-state index in [1.807, 2.05) is 45.9 Å². The van der Waals surface area contributed by atoms with E-state index in [0.717, 1.165) is 16.9 Å². The Morgan fingerprint density at radius 2 is 1.81 bits per heavy atom. The van der Waals surface area contributed by atoms with Crippen LogP contribution in [0.5, 0.6) is 5.75 Å². The van der Waals surface area contributed by atoms with Crippen LogP contribution >= 0.6 is 0 Å². The highest BCUT2D eigenvalue weighted by atomic mass is 19.4. The molecular weight excluding hydrogens is 359 g/mol. The van der Waals surface area contributed by atoms with Crippen molar-refractivity contribution in [1.29, 1.82) is 0 Å². The predicted octanol–water partition coefficient (Wildman–Crippen LogP) is 4.24. The number of aryl methyl sites for hydroxylation is 1. The van der Waals surface area contributed by atoms with Crippen molar-refractivity contribution in [3.63, 3.8) is 0 Å². The number of benzene rings is 1. The summed E-state index contributed by atoms with van der Waals surface area (Å²) in [4.78, 5) is 0. The third-order valence-corrected chi connectivity index (χ3v) is 3.62. The normalized spacial score (nSPS) is 12.4. The van der Waals surface area contributed by atoms with E-state index < -0.39 is 12.0 Å². The van der Waals surface area contributed by atoms with E-state index in [1.54, 1.807) is 6.07 Å². The number of hydrogen-bond donors (Lipinski definition) is 1. The van der Waals surface area contributed by atoms with Gasteiger partial charge in [0.1, 0.15) is 17.2 Å². The Morgan fingerprint density at radius 3 is 2.48 bits per heavy atom. The Bertz CT molecular complexity index is 960. The number of fused-ring (bicyclic) bond motifs is 1. The molecule has 2 aromatic heterocycles. The van der Waals surface area contributed by atoms with Crippen LogP contribution in [0.1, 0.15) is 37.7 Å². The molecule has 3 rings (SSSR count). The van der Waals surface area contributed by atoms with Crippen molar-refractivity contribution < 1.29 is 17.9 Å². The third kappa shape index (κ3) is 4.47. The summed E-state index contributed by atoms with van der Waals surface area (Å²) in [6.45, 7) is 8.16. The first-order valence-electron chi connectivity index (χ1n) is 8.35. The number of hydrogen-bond acceptors (Lipinski definition) is 5. The van der Waals surface area contributed by atoms with Crippen molar-refractivity contribution in [3.05, 3.63) is 47.3 Å². The molecule has 144 valence electrons. The van der Waals surface area contributed by atoms with Gasteiger partial charge in [-0.25, -0.2) is 0 Å². The zero-order valence-corrected chi connectivity index (χ0v) is 15.4. The molecular formula is C18H20F3N5O. The summed E-state index contributed by atoms with van der Waals surface area (Å²) in [6, 6.07) is 8.79. The summed E-state index contributed by atoms with van der Waals surface area (Å²) in [6.07, 6.45) is -4.63. The maximum absolute atomic E-state index is 13.0. The Morgan fingerprint density at radius 1 is 1.07 bits per heavy atom. The number of nitrogens with one attached hydrogen (secondary N) is 1. The summed E-state index contributed by atoms with van der Waals surface area (Å²) in [5.74, 6) is -0.167. The largest absolute Gasteiger partial charge is 0.488 e. The van der Waals surface area contributed by atoms with Gasteiger partial charge in [-0.3, -0.25) is 0 Å². The fourth-order valence-corrected chi connectivity index (χ4v) is 2.48. The van der Waals surface area contributed by atoms with Gasteiger partial charge in [-0.05, 0) is 51.5 Å². The molecule has 27 heavy (non-hydrogen) atoms. The number of rotatable bonds is 4. The van der Waals surface area contributed by atoms with E-state index in [9.17, 15) is 13.2 Å². The van der Waals surface area contributed by atoms with E-state index in [4.69, 9.17) is 4.74 Å². The molecule has 2 heterocycles. The minimum Gasteiger partial charge on any atom is -0.488 e. The molecule has 0 spiro atoms. The first-order chi connectivity index (χ1) is 12.5. The molecule has 0 aliphatic carbocycles. The van der Waals surface area contributed by atoms with Crippen LogP contribution in [-0.2, 0) is 12.7 Å². The smallest absolute Gasteiger partial charge is 0.453 e. The first kappa shape index (κ1) is 18.9. The lowest BCUT2D eigenvalue weighted by molar-refractivity contribution is -0.146. The van der Waals surface area contributed by atoms with E-state index >= 15 is 0 Å². The number of nitrogens with zero attached hydrogens (tertiary/aromatic N) is 4. The summed E-state index contributed by atoms with van der Waals surface area (Å²) < 4.78 is 45.6. The Hall–Kier alpha value is -2.84. The molecule has 0 fully saturated rings. The number of halogens is 3. The van der Waals surface area contributed by atoms with Gasteiger partial charge in [-0.1, -0.05) is 12.1 Å². The van der Waals surface area contributed by atoms with Gasteiger partial charge < -0.3 is 10.1 Å². The molecule has 1 N–H and O–H groups in total. The van der Waals surface area contributed by atoms with E-state index in [2.05, 4.69) is 20.6 Å². The van der Waals surface area contributed by atoms with Crippen LogP contribution in [-0.4, -0.2) is 25.4 Å². The quantitative estimate of drug-likeness (QED) is 0.735. The third-order valence-electron chi connectivity index (χ3n) is 3.62. The number of anilines is 1. The molecule has 0 unspecified atom stereocenters. The van der Waals surface area contributed by atoms with Crippen molar-refractivity contribution in [3.8, 4) is 5.75 Å². The second-order valence-corrected chi connectivity index (χ2v) is 7.19. The number of ether oxygens (including phenoxy) is 1. The molecule has 9 heteroatoms. The van der Waals surface area contributed by atoms with Crippen molar-refractivity contribution in [2.24, 2.45) is 0 Å². The van der Waals surface area contributed by atoms with Crippen molar-refractivity contribution in [2.45, 2.75) is 46.0 Å². The standard InChI is InChI=1S/C18H20F3N5O/c1-11-5-6-12(13(9-11)27-17(2,3)4)10-22-14-7-8-15-23-24-16(18(19,20)21)26(15)25-14/h5-9H,10H2,1-4H3,(H,22,25). The molecule has 0 atom stereocenters. The molecule has 0 aliphatic rings. The number of alkyl halides is 3. The average Bonchev–Trinajstić information content (AvgIpc) is 2.96. The monoisotopic (exact) mass is 379 g/mol. The zero-order valence-electron chi connectivity index (χ0n) is 15.4. The second-order valence-electron chi connectivity index (χ2n) is 7.19. The summed E-state index contributed by atoms with van der Waals surface area (Å²) in [5.41, 5.74) is 1.58. The molecule has 1 aromatic carbocycles. The van der Waals surface area contributed by atoms with Gasteiger partial charge in [0, 0.05) is 12.1 Å². The maximum atomic E-state index is 13.0. The lowest BCUT2D eigenvalue weighted by atomic mass is 10.1. The van der Waals surface area contributed by atoms with Gasteiger partial charge >= 0.3 is 6.18 Å². The fraction of sp³-hybridized carbons (Fsp3) is 0.389. The van der Waals surface area contributed by atoms with Crippen LogP contribution in [0, 0.1) is 6.92 Å². The van der Waals surface area contributed by atoms with Crippen LogP contribution in [0.2, 0.25) is 0 Å². The summed E-state index contributed by atoms with van der Waals surface area (Å²) >= 11 is 0. The van der Waals surface area contributed by atoms with Gasteiger partial charge in [0.15, 0.2) is 5.65 Å².